The van der Waals surface area contributed by atoms with Crippen molar-refractivity contribution in [2.24, 2.45) is 5.92 Å². The van der Waals surface area contributed by atoms with Gasteiger partial charge in [-0.1, -0.05) is 30.9 Å². The Bertz CT molecular complexity index is 395. The van der Waals surface area contributed by atoms with Crippen molar-refractivity contribution in [3.05, 3.63) is 28.8 Å². The van der Waals surface area contributed by atoms with Crippen molar-refractivity contribution in [3.8, 4) is 5.75 Å². The van der Waals surface area contributed by atoms with Crippen molar-refractivity contribution in [1.82, 2.24) is 0 Å². The Morgan fingerprint density at radius 1 is 1.25 bits per heavy atom. The van der Waals surface area contributed by atoms with Crippen molar-refractivity contribution in [1.29, 1.82) is 0 Å². The van der Waals surface area contributed by atoms with Crippen LogP contribution in [0.4, 0.5) is 0 Å². The van der Waals surface area contributed by atoms with Gasteiger partial charge in [0, 0.05) is 10.9 Å². The molecular formula is C13H15ClO2. The molecule has 2 rings (SSSR count). The summed E-state index contributed by atoms with van der Waals surface area (Å²) in [5.74, 6) is 0.151. The first kappa shape index (κ1) is 11.5. The van der Waals surface area contributed by atoms with E-state index in [2.05, 4.69) is 0 Å². The molecule has 1 aromatic rings. The Balaban J connectivity index is 2.19. The molecule has 1 aliphatic carbocycles. The SMILES string of the molecule is O=C(c1ccc(Cl)cc1O)C1CCCCC1. The zero-order chi connectivity index (χ0) is 11.5. The van der Waals surface area contributed by atoms with E-state index in [1.807, 2.05) is 0 Å². The highest BCUT2D eigenvalue weighted by molar-refractivity contribution is 6.30. The lowest BCUT2D eigenvalue weighted by molar-refractivity contribution is 0.0887. The maximum Gasteiger partial charge on any atom is 0.169 e. The second kappa shape index (κ2) is 4.88. The van der Waals surface area contributed by atoms with E-state index in [0.29, 0.717) is 10.6 Å². The first-order valence-electron chi connectivity index (χ1n) is 5.71. The monoisotopic (exact) mass is 238 g/mol. The molecule has 1 fully saturated rings. The van der Waals surface area contributed by atoms with Crippen LogP contribution in [0.5, 0.6) is 5.75 Å². The molecule has 0 saturated heterocycles. The largest absolute Gasteiger partial charge is 0.507 e. The number of carbonyl (C=O) groups excluding carboxylic acids is 1. The zero-order valence-corrected chi connectivity index (χ0v) is 9.83. The van der Waals surface area contributed by atoms with Gasteiger partial charge in [0.1, 0.15) is 5.75 Å². The summed E-state index contributed by atoms with van der Waals surface area (Å²) in [5.41, 5.74) is 0.413. The van der Waals surface area contributed by atoms with E-state index in [9.17, 15) is 9.90 Å². The van der Waals surface area contributed by atoms with Crippen molar-refractivity contribution < 1.29 is 9.90 Å². The molecule has 16 heavy (non-hydrogen) atoms. The predicted octanol–water partition coefficient (Wildman–Crippen LogP) is 3.81. The molecule has 0 aliphatic heterocycles. The minimum absolute atomic E-state index is 0.00285. The summed E-state index contributed by atoms with van der Waals surface area (Å²) in [6, 6.07) is 4.70. The highest BCUT2D eigenvalue weighted by Gasteiger charge is 2.24. The second-order valence-corrected chi connectivity index (χ2v) is 4.80. The van der Waals surface area contributed by atoms with Crippen LogP contribution in [0.3, 0.4) is 0 Å². The topological polar surface area (TPSA) is 37.3 Å². The van der Waals surface area contributed by atoms with Gasteiger partial charge in [0.25, 0.3) is 0 Å². The minimum Gasteiger partial charge on any atom is -0.507 e. The summed E-state index contributed by atoms with van der Waals surface area (Å²) < 4.78 is 0. The van der Waals surface area contributed by atoms with E-state index in [1.165, 1.54) is 12.5 Å². The van der Waals surface area contributed by atoms with Crippen LogP contribution in [-0.4, -0.2) is 10.9 Å². The highest BCUT2D eigenvalue weighted by atomic mass is 35.5. The lowest BCUT2D eigenvalue weighted by Crippen LogP contribution is -2.17. The number of hydrogen-bond donors (Lipinski definition) is 1. The average Bonchev–Trinajstić information content (AvgIpc) is 2.29. The summed E-state index contributed by atoms with van der Waals surface area (Å²) in [5, 5.41) is 10.1. The maximum absolute atomic E-state index is 12.1. The fourth-order valence-electron chi connectivity index (χ4n) is 2.30. The molecule has 0 aromatic heterocycles. The summed E-state index contributed by atoms with van der Waals surface area (Å²) in [4.78, 5) is 12.1. The molecule has 0 unspecified atom stereocenters. The van der Waals surface area contributed by atoms with Crippen molar-refractivity contribution in [2.75, 3.05) is 0 Å². The normalized spacial score (nSPS) is 17.3. The smallest absolute Gasteiger partial charge is 0.169 e. The van der Waals surface area contributed by atoms with E-state index in [1.54, 1.807) is 12.1 Å². The summed E-state index contributed by atoms with van der Waals surface area (Å²) in [6.45, 7) is 0. The molecule has 0 radical (unpaired) electrons. The van der Waals surface area contributed by atoms with Gasteiger partial charge in [-0.25, -0.2) is 0 Å². The average molecular weight is 239 g/mol. The zero-order valence-electron chi connectivity index (χ0n) is 9.08. The van der Waals surface area contributed by atoms with E-state index < -0.39 is 0 Å². The molecule has 0 spiro atoms. The number of ketones is 1. The number of aromatic hydroxyl groups is 1. The lowest BCUT2D eigenvalue weighted by Gasteiger charge is -2.20. The third kappa shape index (κ3) is 2.38. The fraction of sp³-hybridized carbons (Fsp3) is 0.462. The molecule has 1 aromatic carbocycles. The number of carbonyl (C=O) groups is 1. The van der Waals surface area contributed by atoms with Gasteiger partial charge >= 0.3 is 0 Å². The minimum atomic E-state index is 0.00285. The molecular weight excluding hydrogens is 224 g/mol. The fourth-order valence-corrected chi connectivity index (χ4v) is 2.46. The van der Waals surface area contributed by atoms with Crippen LogP contribution in [-0.2, 0) is 0 Å². The van der Waals surface area contributed by atoms with Gasteiger partial charge in [-0.05, 0) is 31.0 Å². The van der Waals surface area contributed by atoms with Crippen LogP contribution in [0.1, 0.15) is 42.5 Å². The Kier molecular flexibility index (Phi) is 3.49. The summed E-state index contributed by atoms with van der Waals surface area (Å²) in [7, 11) is 0. The van der Waals surface area contributed by atoms with Crippen LogP contribution in [0, 0.1) is 5.92 Å². The van der Waals surface area contributed by atoms with Crippen LogP contribution < -0.4 is 0 Å². The molecule has 2 nitrogen and oxygen atoms in total. The maximum atomic E-state index is 12.1. The Labute approximate surface area is 100 Å². The molecule has 0 bridgehead atoms. The number of benzene rings is 1. The number of halogens is 1. The van der Waals surface area contributed by atoms with Crippen molar-refractivity contribution >= 4 is 17.4 Å². The Hall–Kier alpha value is -1.02. The van der Waals surface area contributed by atoms with Crippen LogP contribution in [0.2, 0.25) is 5.02 Å². The third-order valence-corrected chi connectivity index (χ3v) is 3.44. The molecule has 86 valence electrons. The first-order chi connectivity index (χ1) is 7.68. The van der Waals surface area contributed by atoms with Crippen LogP contribution in [0.25, 0.3) is 0 Å². The van der Waals surface area contributed by atoms with Gasteiger partial charge in [0.2, 0.25) is 0 Å². The number of phenols is 1. The van der Waals surface area contributed by atoms with E-state index >= 15 is 0 Å². The molecule has 3 heteroatoms. The Morgan fingerprint density at radius 2 is 1.94 bits per heavy atom. The lowest BCUT2D eigenvalue weighted by atomic mass is 9.84. The quantitative estimate of drug-likeness (QED) is 0.796. The standard InChI is InChI=1S/C13H15ClO2/c14-10-6-7-11(12(15)8-10)13(16)9-4-2-1-3-5-9/h6-9,15H,1-5H2. The second-order valence-electron chi connectivity index (χ2n) is 4.36. The van der Waals surface area contributed by atoms with Gasteiger partial charge in [-0.15, -0.1) is 0 Å². The van der Waals surface area contributed by atoms with Gasteiger partial charge in [0.15, 0.2) is 5.78 Å². The van der Waals surface area contributed by atoms with E-state index in [4.69, 9.17) is 11.6 Å². The Morgan fingerprint density at radius 3 is 2.56 bits per heavy atom. The van der Waals surface area contributed by atoms with E-state index in [-0.39, 0.29) is 17.5 Å². The molecule has 1 saturated carbocycles. The number of phenolic OH excluding ortho intramolecular Hbond substituents is 1. The van der Waals surface area contributed by atoms with Gasteiger partial charge in [-0.3, -0.25) is 4.79 Å². The van der Waals surface area contributed by atoms with Gasteiger partial charge in [0.05, 0.1) is 5.56 Å². The number of rotatable bonds is 2. The van der Waals surface area contributed by atoms with Gasteiger partial charge < -0.3 is 5.11 Å². The molecule has 1 N–H and O–H groups in total. The molecule has 0 amide bonds. The van der Waals surface area contributed by atoms with Crippen LogP contribution in [0.15, 0.2) is 18.2 Å². The number of Topliss-reactive ketones (excluding diaryl/α,β-unsaturated/α-hetero) is 1. The summed E-state index contributed by atoms with van der Waals surface area (Å²) in [6.07, 6.45) is 5.34. The van der Waals surface area contributed by atoms with Crippen molar-refractivity contribution in [2.45, 2.75) is 32.1 Å². The van der Waals surface area contributed by atoms with Gasteiger partial charge in [-0.2, -0.15) is 0 Å². The molecule has 0 heterocycles. The molecule has 0 atom stereocenters. The summed E-state index contributed by atoms with van der Waals surface area (Å²) >= 11 is 5.74. The first-order valence-corrected chi connectivity index (χ1v) is 6.09. The predicted molar refractivity (Wildman–Crippen MR) is 64.0 cm³/mol. The highest BCUT2D eigenvalue weighted by Crippen LogP contribution is 2.30. The third-order valence-electron chi connectivity index (χ3n) is 3.20. The van der Waals surface area contributed by atoms with E-state index in [0.717, 1.165) is 25.7 Å². The number of hydrogen-bond acceptors (Lipinski definition) is 2. The van der Waals surface area contributed by atoms with Crippen LogP contribution >= 0.6 is 11.6 Å². The molecule has 1 aliphatic rings. The van der Waals surface area contributed by atoms with Crippen molar-refractivity contribution in [3.63, 3.8) is 0 Å².